The minimum absolute atomic E-state index is 0.0775. The third-order valence-electron chi connectivity index (χ3n) is 2.27. The minimum atomic E-state index is 0.0775. The molecule has 1 aromatic heterocycles. The number of carbonyl (C=O) groups excluding carboxylic acids is 1. The molecule has 1 aromatic rings. The average Bonchev–Trinajstić information content (AvgIpc) is 2.72. The number of thiophene rings is 1. The summed E-state index contributed by atoms with van der Waals surface area (Å²) in [5.41, 5.74) is 1.15. The van der Waals surface area contributed by atoms with E-state index in [0.29, 0.717) is 12.2 Å². The van der Waals surface area contributed by atoms with E-state index in [9.17, 15) is 4.79 Å². The van der Waals surface area contributed by atoms with E-state index in [4.69, 9.17) is 0 Å². The van der Waals surface area contributed by atoms with Crippen LogP contribution in [0.1, 0.15) is 5.56 Å². The summed E-state index contributed by atoms with van der Waals surface area (Å²) < 4.78 is 0. The summed E-state index contributed by atoms with van der Waals surface area (Å²) in [7, 11) is 0. The van der Waals surface area contributed by atoms with Crippen LogP contribution < -0.4 is 5.32 Å². The van der Waals surface area contributed by atoms with Gasteiger partial charge in [-0.1, -0.05) is 0 Å². The highest BCUT2D eigenvalue weighted by Crippen LogP contribution is 2.12. The highest BCUT2D eigenvalue weighted by Gasteiger charge is 2.20. The average molecular weight is 227 g/mol. The lowest BCUT2D eigenvalue weighted by Crippen LogP contribution is -2.44. The molecule has 0 aromatic carbocycles. The van der Waals surface area contributed by atoms with E-state index in [0.717, 1.165) is 23.6 Å². The summed E-state index contributed by atoms with van der Waals surface area (Å²) >= 11 is 3.51. The Morgan fingerprint density at radius 3 is 3.21 bits per heavy atom. The maximum Gasteiger partial charge on any atom is 0.154 e. The highest BCUT2D eigenvalue weighted by molar-refractivity contribution is 7.99. The first-order valence-corrected chi connectivity index (χ1v) is 6.81. The standard InChI is InChI=1S/C10H13NOS2/c12-10(5-8-1-3-13-6-8)9-7-14-4-2-11-9/h1,3,6,9,11H,2,4-5,7H2. The smallest absolute Gasteiger partial charge is 0.154 e. The van der Waals surface area contributed by atoms with Gasteiger partial charge in [-0.25, -0.2) is 0 Å². The van der Waals surface area contributed by atoms with Gasteiger partial charge in [0, 0.05) is 24.5 Å². The first-order valence-electron chi connectivity index (χ1n) is 4.71. The zero-order valence-electron chi connectivity index (χ0n) is 7.86. The van der Waals surface area contributed by atoms with Gasteiger partial charge in [0.1, 0.15) is 0 Å². The Hall–Kier alpha value is -0.320. The molecule has 2 heterocycles. The van der Waals surface area contributed by atoms with Crippen molar-refractivity contribution in [3.63, 3.8) is 0 Å². The van der Waals surface area contributed by atoms with Crippen LogP contribution in [0.5, 0.6) is 0 Å². The zero-order valence-corrected chi connectivity index (χ0v) is 9.50. The van der Waals surface area contributed by atoms with Crippen molar-refractivity contribution in [1.29, 1.82) is 0 Å². The number of nitrogens with one attached hydrogen (secondary N) is 1. The van der Waals surface area contributed by atoms with E-state index in [2.05, 4.69) is 5.32 Å². The van der Waals surface area contributed by atoms with Crippen LogP contribution in [0.4, 0.5) is 0 Å². The molecule has 1 N–H and O–H groups in total. The molecule has 1 atom stereocenters. The third kappa shape index (κ3) is 2.59. The Kier molecular flexibility index (Phi) is 3.61. The molecule has 2 nitrogen and oxygen atoms in total. The van der Waals surface area contributed by atoms with Crippen molar-refractivity contribution < 1.29 is 4.79 Å². The molecule has 0 amide bonds. The Labute approximate surface area is 92.1 Å². The van der Waals surface area contributed by atoms with Gasteiger partial charge >= 0.3 is 0 Å². The molecule has 1 fully saturated rings. The van der Waals surface area contributed by atoms with Crippen LogP contribution in [0.25, 0.3) is 0 Å². The molecule has 1 aliphatic rings. The Balaban J connectivity index is 1.88. The van der Waals surface area contributed by atoms with Gasteiger partial charge in [0.05, 0.1) is 6.04 Å². The molecular formula is C10H13NOS2. The van der Waals surface area contributed by atoms with Crippen molar-refractivity contribution in [2.45, 2.75) is 12.5 Å². The van der Waals surface area contributed by atoms with E-state index in [1.807, 2.05) is 28.6 Å². The Morgan fingerprint density at radius 1 is 1.64 bits per heavy atom. The van der Waals surface area contributed by atoms with Crippen molar-refractivity contribution in [3.8, 4) is 0 Å². The van der Waals surface area contributed by atoms with Gasteiger partial charge in [-0.2, -0.15) is 23.1 Å². The predicted octanol–water partition coefficient (Wildman–Crippen LogP) is 1.56. The van der Waals surface area contributed by atoms with E-state index < -0.39 is 0 Å². The third-order valence-corrected chi connectivity index (χ3v) is 4.06. The molecule has 0 aliphatic carbocycles. The van der Waals surface area contributed by atoms with Gasteiger partial charge in [0.15, 0.2) is 5.78 Å². The van der Waals surface area contributed by atoms with Crippen molar-refractivity contribution in [2.24, 2.45) is 0 Å². The largest absolute Gasteiger partial charge is 0.306 e. The maximum atomic E-state index is 11.8. The van der Waals surface area contributed by atoms with Crippen LogP contribution in [-0.2, 0) is 11.2 Å². The summed E-state index contributed by atoms with van der Waals surface area (Å²) in [6.45, 7) is 0.963. The van der Waals surface area contributed by atoms with Gasteiger partial charge in [-0.3, -0.25) is 4.79 Å². The van der Waals surface area contributed by atoms with Crippen LogP contribution in [-0.4, -0.2) is 29.9 Å². The van der Waals surface area contributed by atoms with Crippen LogP contribution in [0.3, 0.4) is 0 Å². The molecule has 2 rings (SSSR count). The topological polar surface area (TPSA) is 29.1 Å². The van der Waals surface area contributed by atoms with Gasteiger partial charge in [-0.05, 0) is 22.4 Å². The Bertz CT molecular complexity index is 291. The normalized spacial score (nSPS) is 22.1. The number of thioether (sulfide) groups is 1. The molecule has 0 saturated carbocycles. The number of Topliss-reactive ketones (excluding diaryl/α,β-unsaturated/α-hetero) is 1. The second kappa shape index (κ2) is 4.96. The zero-order chi connectivity index (χ0) is 9.80. The lowest BCUT2D eigenvalue weighted by atomic mass is 10.1. The van der Waals surface area contributed by atoms with Crippen molar-refractivity contribution in [3.05, 3.63) is 22.4 Å². The quantitative estimate of drug-likeness (QED) is 0.850. The van der Waals surface area contributed by atoms with Crippen LogP contribution in [0.15, 0.2) is 16.8 Å². The van der Waals surface area contributed by atoms with Crippen LogP contribution in [0, 0.1) is 0 Å². The number of ketones is 1. The molecule has 1 saturated heterocycles. The molecule has 0 spiro atoms. The minimum Gasteiger partial charge on any atom is -0.306 e. The van der Waals surface area contributed by atoms with Gasteiger partial charge in [0.2, 0.25) is 0 Å². The summed E-state index contributed by atoms with van der Waals surface area (Å²) in [5.74, 6) is 2.39. The van der Waals surface area contributed by atoms with E-state index in [1.54, 1.807) is 11.3 Å². The summed E-state index contributed by atoms with van der Waals surface area (Å²) in [6.07, 6.45) is 0.585. The molecule has 0 radical (unpaired) electrons. The SMILES string of the molecule is O=C(Cc1ccsc1)C1CSCCN1. The van der Waals surface area contributed by atoms with Gasteiger partial charge < -0.3 is 5.32 Å². The molecule has 76 valence electrons. The van der Waals surface area contributed by atoms with Crippen LogP contribution >= 0.6 is 23.1 Å². The number of hydrogen-bond donors (Lipinski definition) is 1. The second-order valence-corrected chi connectivity index (χ2v) is 5.29. The van der Waals surface area contributed by atoms with Gasteiger partial charge in [-0.15, -0.1) is 0 Å². The molecule has 4 heteroatoms. The number of hydrogen-bond acceptors (Lipinski definition) is 4. The maximum absolute atomic E-state index is 11.8. The number of rotatable bonds is 3. The molecule has 1 aliphatic heterocycles. The first-order chi connectivity index (χ1) is 6.86. The predicted molar refractivity (Wildman–Crippen MR) is 62.1 cm³/mol. The lowest BCUT2D eigenvalue weighted by molar-refractivity contribution is -0.119. The van der Waals surface area contributed by atoms with Crippen molar-refractivity contribution in [2.75, 3.05) is 18.1 Å². The summed E-state index contributed by atoms with van der Waals surface area (Å²) in [5, 5.41) is 7.33. The molecule has 14 heavy (non-hydrogen) atoms. The fourth-order valence-corrected chi connectivity index (χ4v) is 3.13. The highest BCUT2D eigenvalue weighted by atomic mass is 32.2. The summed E-state index contributed by atoms with van der Waals surface area (Å²) in [4.78, 5) is 11.8. The molecule has 0 bridgehead atoms. The lowest BCUT2D eigenvalue weighted by Gasteiger charge is -2.21. The van der Waals surface area contributed by atoms with E-state index in [1.165, 1.54) is 0 Å². The van der Waals surface area contributed by atoms with Crippen molar-refractivity contribution in [1.82, 2.24) is 5.32 Å². The van der Waals surface area contributed by atoms with Gasteiger partial charge in [0.25, 0.3) is 0 Å². The van der Waals surface area contributed by atoms with E-state index >= 15 is 0 Å². The Morgan fingerprint density at radius 2 is 2.57 bits per heavy atom. The fourth-order valence-electron chi connectivity index (χ4n) is 1.49. The molecule has 1 unspecified atom stereocenters. The molecular weight excluding hydrogens is 214 g/mol. The monoisotopic (exact) mass is 227 g/mol. The first kappa shape index (κ1) is 10.2. The summed E-state index contributed by atoms with van der Waals surface area (Å²) in [6, 6.07) is 2.10. The number of carbonyl (C=O) groups is 1. The van der Waals surface area contributed by atoms with E-state index in [-0.39, 0.29) is 6.04 Å². The fraction of sp³-hybridized carbons (Fsp3) is 0.500. The van der Waals surface area contributed by atoms with Crippen molar-refractivity contribution >= 4 is 28.9 Å². The van der Waals surface area contributed by atoms with Crippen LogP contribution in [0.2, 0.25) is 0 Å². The second-order valence-electron chi connectivity index (χ2n) is 3.36.